The fraction of sp³-hybridized carbons (Fsp3) is 0.259. The molecule has 5 rings (SSSR count). The van der Waals surface area contributed by atoms with E-state index in [1.165, 1.54) is 42.4 Å². The lowest BCUT2D eigenvalue weighted by atomic mass is 9.95. The Morgan fingerprint density at radius 1 is 1.00 bits per heavy atom. The Bertz CT molecular complexity index is 1600. The predicted molar refractivity (Wildman–Crippen MR) is 149 cm³/mol. The quantitative estimate of drug-likeness (QED) is 0.222. The predicted octanol–water partition coefficient (Wildman–Crippen LogP) is 2.70. The molecule has 0 unspecified atom stereocenters. The van der Waals surface area contributed by atoms with Gasteiger partial charge in [0.25, 0.3) is 0 Å². The van der Waals surface area contributed by atoms with Gasteiger partial charge in [-0.1, -0.05) is 54.2 Å². The summed E-state index contributed by atoms with van der Waals surface area (Å²) >= 11 is 1.39. The van der Waals surface area contributed by atoms with Crippen LogP contribution in [0.25, 0.3) is 5.69 Å². The highest BCUT2D eigenvalue weighted by Gasteiger charge is 2.39. The number of amides is 1. The number of aromatic nitrogens is 4. The zero-order chi connectivity index (χ0) is 28.1. The standard InChI is InChI=1S/C27H28N6O5S2/c1-37-24-13-12-22(17-25(24)38-2)40(35,36)32-18-20-9-7-6-8-19(20)16-23(32)26(34)28-14-15-39-27-29-30-31-33(27)21-10-4-3-5-11-21/h3-13,17,23H,14-16,18H2,1-2H3,(H,28,34)/t23-/m0/s1. The third-order valence-corrected chi connectivity index (χ3v) is 9.32. The number of carbonyl (C=O) groups excluding carboxylic acids is 1. The van der Waals surface area contributed by atoms with Crippen LogP contribution in [0.2, 0.25) is 0 Å². The van der Waals surface area contributed by atoms with Gasteiger partial charge in [0, 0.05) is 24.9 Å². The van der Waals surface area contributed by atoms with Crippen LogP contribution in [-0.2, 0) is 27.8 Å². The molecule has 208 valence electrons. The molecule has 1 N–H and O–H groups in total. The molecule has 0 saturated heterocycles. The molecule has 0 saturated carbocycles. The van der Waals surface area contributed by atoms with Gasteiger partial charge in [-0.2, -0.15) is 8.99 Å². The van der Waals surface area contributed by atoms with Crippen LogP contribution in [0.3, 0.4) is 0 Å². The van der Waals surface area contributed by atoms with Gasteiger partial charge in [-0.05, 0) is 52.2 Å². The first-order valence-electron chi connectivity index (χ1n) is 12.5. The third kappa shape index (κ3) is 5.67. The molecule has 0 fully saturated rings. The van der Waals surface area contributed by atoms with Crippen LogP contribution in [0.5, 0.6) is 11.5 Å². The Hall–Kier alpha value is -3.94. The van der Waals surface area contributed by atoms with Gasteiger partial charge in [-0.15, -0.1) is 5.10 Å². The van der Waals surface area contributed by atoms with Gasteiger partial charge in [0.15, 0.2) is 11.5 Å². The second kappa shape index (κ2) is 12.1. The van der Waals surface area contributed by atoms with E-state index in [0.717, 1.165) is 16.8 Å². The summed E-state index contributed by atoms with van der Waals surface area (Å²) in [5.74, 6) is 0.819. The second-order valence-corrected chi connectivity index (χ2v) is 11.9. The van der Waals surface area contributed by atoms with Crippen molar-refractivity contribution in [1.82, 2.24) is 29.8 Å². The van der Waals surface area contributed by atoms with Gasteiger partial charge in [0.2, 0.25) is 21.1 Å². The molecule has 0 radical (unpaired) electrons. The van der Waals surface area contributed by atoms with Crippen LogP contribution in [0.1, 0.15) is 11.1 Å². The lowest BCUT2D eigenvalue weighted by Crippen LogP contribution is -2.52. The van der Waals surface area contributed by atoms with Gasteiger partial charge in [-0.25, -0.2) is 8.42 Å². The van der Waals surface area contributed by atoms with Crippen molar-refractivity contribution < 1.29 is 22.7 Å². The summed E-state index contributed by atoms with van der Waals surface area (Å²) in [5, 5.41) is 15.4. The van der Waals surface area contributed by atoms with Crippen LogP contribution >= 0.6 is 11.8 Å². The minimum absolute atomic E-state index is 0.0191. The summed E-state index contributed by atoms with van der Waals surface area (Å²) in [6.07, 6.45) is 0.258. The fourth-order valence-corrected chi connectivity index (χ4v) is 6.85. The summed E-state index contributed by atoms with van der Waals surface area (Å²) < 4.78 is 41.2. The van der Waals surface area contributed by atoms with E-state index < -0.39 is 16.1 Å². The largest absolute Gasteiger partial charge is 0.493 e. The number of hydrogen-bond acceptors (Lipinski definition) is 9. The van der Waals surface area contributed by atoms with E-state index >= 15 is 0 Å². The van der Waals surface area contributed by atoms with E-state index in [0.29, 0.717) is 23.2 Å². The smallest absolute Gasteiger partial charge is 0.244 e. The lowest BCUT2D eigenvalue weighted by Gasteiger charge is -2.35. The van der Waals surface area contributed by atoms with Gasteiger partial charge < -0.3 is 14.8 Å². The minimum atomic E-state index is -4.06. The molecule has 0 spiro atoms. The molecule has 1 amide bonds. The average Bonchev–Trinajstić information content (AvgIpc) is 3.47. The maximum atomic E-state index is 13.9. The Morgan fingerprint density at radius 2 is 1.73 bits per heavy atom. The first-order chi connectivity index (χ1) is 19.4. The molecule has 11 nitrogen and oxygen atoms in total. The number of nitrogens with zero attached hydrogens (tertiary/aromatic N) is 5. The van der Waals surface area contributed by atoms with Crippen LogP contribution < -0.4 is 14.8 Å². The molecular weight excluding hydrogens is 552 g/mol. The third-order valence-electron chi connectivity index (χ3n) is 6.54. The molecule has 2 heterocycles. The van der Waals surface area contributed by atoms with Crippen LogP contribution in [0, 0.1) is 0 Å². The number of benzene rings is 3. The Labute approximate surface area is 236 Å². The monoisotopic (exact) mass is 580 g/mol. The average molecular weight is 581 g/mol. The Kier molecular flexibility index (Phi) is 8.33. The van der Waals surface area contributed by atoms with Crippen molar-refractivity contribution in [3.63, 3.8) is 0 Å². The molecule has 1 aliphatic heterocycles. The van der Waals surface area contributed by atoms with Crippen LogP contribution in [-0.4, -0.2) is 71.4 Å². The van der Waals surface area contributed by atoms with E-state index in [-0.39, 0.29) is 29.5 Å². The topological polar surface area (TPSA) is 129 Å². The molecule has 0 bridgehead atoms. The maximum absolute atomic E-state index is 13.9. The molecule has 0 aliphatic carbocycles. The van der Waals surface area contributed by atoms with Crippen molar-refractivity contribution in [2.75, 3.05) is 26.5 Å². The second-order valence-electron chi connectivity index (χ2n) is 8.90. The van der Waals surface area contributed by atoms with E-state index in [2.05, 4.69) is 20.8 Å². The zero-order valence-electron chi connectivity index (χ0n) is 21.9. The summed E-state index contributed by atoms with van der Waals surface area (Å²) in [5.41, 5.74) is 2.63. The van der Waals surface area contributed by atoms with Gasteiger partial charge in [0.1, 0.15) is 6.04 Å². The van der Waals surface area contributed by atoms with Crippen LogP contribution in [0.4, 0.5) is 0 Å². The Balaban J connectivity index is 1.32. The summed E-state index contributed by atoms with van der Waals surface area (Å²) in [7, 11) is -1.13. The molecule has 1 aromatic heterocycles. The van der Waals surface area contributed by atoms with Crippen LogP contribution in [0.15, 0.2) is 82.8 Å². The summed E-state index contributed by atoms with van der Waals surface area (Å²) in [4.78, 5) is 13.5. The van der Waals surface area contributed by atoms with E-state index in [1.54, 1.807) is 10.7 Å². The highest BCUT2D eigenvalue weighted by atomic mass is 32.2. The van der Waals surface area contributed by atoms with Crippen molar-refractivity contribution in [3.05, 3.63) is 83.9 Å². The summed E-state index contributed by atoms with van der Waals surface area (Å²) in [6.45, 7) is 0.374. The normalized spacial score (nSPS) is 15.3. The fourth-order valence-electron chi connectivity index (χ4n) is 4.52. The minimum Gasteiger partial charge on any atom is -0.493 e. The van der Waals surface area contributed by atoms with Crippen molar-refractivity contribution in [2.45, 2.75) is 29.1 Å². The number of hydrogen-bond donors (Lipinski definition) is 1. The number of fused-ring (bicyclic) bond motifs is 1. The number of sulfonamides is 1. The highest BCUT2D eigenvalue weighted by molar-refractivity contribution is 7.99. The molecule has 1 atom stereocenters. The van der Waals surface area contributed by atoms with Crippen molar-refractivity contribution in [2.24, 2.45) is 0 Å². The molecule has 4 aromatic rings. The molecule has 40 heavy (non-hydrogen) atoms. The van der Waals surface area contributed by atoms with Gasteiger partial charge >= 0.3 is 0 Å². The SMILES string of the molecule is COc1ccc(S(=O)(=O)N2Cc3ccccc3C[C@H]2C(=O)NCCSc2nnnn2-c2ccccc2)cc1OC. The van der Waals surface area contributed by atoms with E-state index in [4.69, 9.17) is 9.47 Å². The van der Waals surface area contributed by atoms with E-state index in [1.807, 2.05) is 54.6 Å². The molecule has 13 heteroatoms. The molecular formula is C27H28N6O5S2. The number of methoxy groups -OCH3 is 2. The zero-order valence-corrected chi connectivity index (χ0v) is 23.6. The lowest BCUT2D eigenvalue weighted by molar-refractivity contribution is -0.125. The Morgan fingerprint density at radius 3 is 2.48 bits per heavy atom. The van der Waals surface area contributed by atoms with Crippen molar-refractivity contribution >= 4 is 27.7 Å². The van der Waals surface area contributed by atoms with Gasteiger partial charge in [0.05, 0.1) is 24.8 Å². The van der Waals surface area contributed by atoms with E-state index in [9.17, 15) is 13.2 Å². The number of tetrazole rings is 1. The van der Waals surface area contributed by atoms with Crippen molar-refractivity contribution in [3.8, 4) is 17.2 Å². The number of ether oxygens (including phenoxy) is 2. The first kappa shape index (κ1) is 27.6. The molecule has 1 aliphatic rings. The van der Waals surface area contributed by atoms with Crippen molar-refractivity contribution in [1.29, 1.82) is 0 Å². The number of rotatable bonds is 10. The molecule has 3 aromatic carbocycles. The maximum Gasteiger partial charge on any atom is 0.244 e. The van der Waals surface area contributed by atoms with Gasteiger partial charge in [-0.3, -0.25) is 4.79 Å². The number of carbonyl (C=O) groups is 1. The number of nitrogens with one attached hydrogen (secondary N) is 1. The number of para-hydroxylation sites is 1. The first-order valence-corrected chi connectivity index (χ1v) is 14.9. The summed E-state index contributed by atoms with van der Waals surface area (Å²) in [6, 6.07) is 20.6. The highest BCUT2D eigenvalue weighted by Crippen LogP contribution is 2.34. The number of thioether (sulfide) groups is 1.